The van der Waals surface area contributed by atoms with Gasteiger partial charge in [-0.25, -0.2) is 4.98 Å². The van der Waals surface area contributed by atoms with E-state index in [-0.39, 0.29) is 16.1 Å². The van der Waals surface area contributed by atoms with Crippen LogP contribution in [0.4, 0.5) is 5.69 Å². The summed E-state index contributed by atoms with van der Waals surface area (Å²) in [6, 6.07) is 1.29. The van der Waals surface area contributed by atoms with Crippen molar-refractivity contribution >= 4 is 23.2 Å². The van der Waals surface area contributed by atoms with Crippen LogP contribution in [0, 0.1) is 15.5 Å². The van der Waals surface area contributed by atoms with Gasteiger partial charge in [-0.1, -0.05) is 32.4 Å². The molecule has 1 rings (SSSR count). The number of carbonyl (C=O) groups is 1. The molecule has 0 spiro atoms. The summed E-state index contributed by atoms with van der Waals surface area (Å²) in [4.78, 5) is 25.7. The largest absolute Gasteiger partial charge is 0.352 e. The fourth-order valence-corrected chi connectivity index (χ4v) is 1.66. The van der Waals surface area contributed by atoms with Crippen molar-refractivity contribution in [2.75, 3.05) is 6.54 Å². The molecule has 0 radical (unpaired) electrons. The van der Waals surface area contributed by atoms with E-state index in [2.05, 4.69) is 10.3 Å². The van der Waals surface area contributed by atoms with Gasteiger partial charge in [-0.2, -0.15) is 0 Å². The molecule has 0 saturated carbocycles. The zero-order valence-electron chi connectivity index (χ0n) is 11.1. The smallest absolute Gasteiger partial charge is 0.319 e. The number of rotatable bonds is 4. The van der Waals surface area contributed by atoms with E-state index in [1.165, 1.54) is 12.3 Å². The molecule has 1 aromatic rings. The summed E-state index contributed by atoms with van der Waals surface area (Å²) < 4.78 is 0. The predicted molar refractivity (Wildman–Crippen MR) is 72.3 cm³/mol. The number of nitro groups is 1. The molecule has 0 unspecified atom stereocenters. The van der Waals surface area contributed by atoms with Gasteiger partial charge in [0, 0.05) is 12.7 Å². The summed E-state index contributed by atoms with van der Waals surface area (Å²) in [5.74, 6) is -0.514. The highest BCUT2D eigenvalue weighted by Gasteiger charge is 2.24. The normalized spacial score (nSPS) is 11.2. The van der Waals surface area contributed by atoms with Crippen LogP contribution in [0.25, 0.3) is 0 Å². The lowest BCUT2D eigenvalue weighted by atomic mass is 9.92. The van der Waals surface area contributed by atoms with Crippen molar-refractivity contribution in [3.8, 4) is 0 Å². The van der Waals surface area contributed by atoms with Gasteiger partial charge in [-0.05, 0) is 17.9 Å². The fraction of sp³-hybridized carbons (Fsp3) is 0.500. The minimum atomic E-state index is -0.700. The number of aromatic nitrogens is 1. The Kier molecular flexibility index (Phi) is 4.83. The average molecular weight is 286 g/mol. The number of pyridine rings is 1. The van der Waals surface area contributed by atoms with Gasteiger partial charge in [-0.15, -0.1) is 0 Å². The topological polar surface area (TPSA) is 85.1 Å². The summed E-state index contributed by atoms with van der Waals surface area (Å²) in [7, 11) is 0. The van der Waals surface area contributed by atoms with Crippen molar-refractivity contribution in [2.24, 2.45) is 5.41 Å². The van der Waals surface area contributed by atoms with E-state index in [9.17, 15) is 14.9 Å². The molecule has 0 aromatic carbocycles. The summed E-state index contributed by atoms with van der Waals surface area (Å²) >= 11 is 5.64. The van der Waals surface area contributed by atoms with E-state index in [1.807, 2.05) is 20.8 Å². The summed E-state index contributed by atoms with van der Waals surface area (Å²) in [6.07, 6.45) is 2.04. The van der Waals surface area contributed by atoms with Crippen molar-refractivity contribution in [1.29, 1.82) is 0 Å². The van der Waals surface area contributed by atoms with Gasteiger partial charge in [0.15, 0.2) is 0 Å². The van der Waals surface area contributed by atoms with Crippen molar-refractivity contribution < 1.29 is 9.72 Å². The maximum absolute atomic E-state index is 11.9. The molecule has 6 nitrogen and oxygen atoms in total. The van der Waals surface area contributed by atoms with E-state index < -0.39 is 16.5 Å². The second kappa shape index (κ2) is 5.97. The van der Waals surface area contributed by atoms with Crippen molar-refractivity contribution in [3.05, 3.63) is 33.1 Å². The van der Waals surface area contributed by atoms with Crippen LogP contribution in [0.5, 0.6) is 0 Å². The summed E-state index contributed by atoms with van der Waals surface area (Å²) in [5, 5.41) is 13.2. The number of hydrogen-bond acceptors (Lipinski definition) is 4. The van der Waals surface area contributed by atoms with Crippen LogP contribution in [0.1, 0.15) is 37.6 Å². The van der Waals surface area contributed by atoms with E-state index in [4.69, 9.17) is 11.6 Å². The lowest BCUT2D eigenvalue weighted by Crippen LogP contribution is -2.28. The van der Waals surface area contributed by atoms with Crippen molar-refractivity contribution in [3.63, 3.8) is 0 Å². The highest BCUT2D eigenvalue weighted by molar-refractivity contribution is 6.32. The molecule has 7 heteroatoms. The third-order valence-corrected chi connectivity index (χ3v) is 2.74. The number of carbonyl (C=O) groups excluding carboxylic acids is 1. The first-order valence-electron chi connectivity index (χ1n) is 5.79. The number of amides is 1. The van der Waals surface area contributed by atoms with Crippen molar-refractivity contribution in [2.45, 2.75) is 27.2 Å². The van der Waals surface area contributed by atoms with Crippen LogP contribution in [0.3, 0.4) is 0 Å². The monoisotopic (exact) mass is 285 g/mol. The molecule has 1 amide bonds. The third kappa shape index (κ3) is 4.48. The Hall–Kier alpha value is -1.69. The predicted octanol–water partition coefficient (Wildman–Crippen LogP) is 2.81. The molecule has 104 valence electrons. The van der Waals surface area contributed by atoms with E-state index in [0.717, 1.165) is 6.42 Å². The lowest BCUT2D eigenvalue weighted by molar-refractivity contribution is -0.385. The molecule has 19 heavy (non-hydrogen) atoms. The molecular weight excluding hydrogens is 270 g/mol. The SMILES string of the molecule is CC(C)(C)CCNC(=O)c1ccnc(Cl)c1[N+](=O)[O-]. The molecule has 1 heterocycles. The first-order chi connectivity index (χ1) is 8.72. The van der Waals surface area contributed by atoms with Crippen LogP contribution in [0.2, 0.25) is 5.15 Å². The molecule has 1 N–H and O–H groups in total. The number of hydrogen-bond donors (Lipinski definition) is 1. The number of nitrogens with zero attached hydrogens (tertiary/aromatic N) is 2. The molecule has 0 aliphatic heterocycles. The maximum atomic E-state index is 11.9. The molecule has 0 aliphatic carbocycles. The molecule has 0 saturated heterocycles. The van der Waals surface area contributed by atoms with Gasteiger partial charge >= 0.3 is 5.69 Å². The Morgan fingerprint density at radius 3 is 2.68 bits per heavy atom. The van der Waals surface area contributed by atoms with Gasteiger partial charge in [0.05, 0.1) is 4.92 Å². The minimum absolute atomic E-state index is 0.0705. The van der Waals surface area contributed by atoms with E-state index >= 15 is 0 Å². The first kappa shape index (κ1) is 15.4. The Morgan fingerprint density at radius 2 is 2.16 bits per heavy atom. The Bertz CT molecular complexity index is 497. The summed E-state index contributed by atoms with van der Waals surface area (Å²) in [6.45, 7) is 6.58. The minimum Gasteiger partial charge on any atom is -0.352 e. The fourth-order valence-electron chi connectivity index (χ4n) is 1.43. The molecule has 0 bridgehead atoms. The Balaban J connectivity index is 2.83. The first-order valence-corrected chi connectivity index (χ1v) is 6.17. The lowest BCUT2D eigenvalue weighted by Gasteiger charge is -2.17. The van der Waals surface area contributed by atoms with Crippen LogP contribution in [-0.2, 0) is 0 Å². The van der Waals surface area contributed by atoms with Crippen LogP contribution >= 0.6 is 11.6 Å². The van der Waals surface area contributed by atoms with E-state index in [0.29, 0.717) is 6.54 Å². The molecule has 0 atom stereocenters. The van der Waals surface area contributed by atoms with Crippen LogP contribution < -0.4 is 5.32 Å². The van der Waals surface area contributed by atoms with Crippen LogP contribution in [0.15, 0.2) is 12.3 Å². The standard InChI is InChI=1S/C12H16ClN3O3/c1-12(2,3)5-7-15-11(17)8-4-6-14-10(13)9(8)16(18)19/h4,6H,5,7H2,1-3H3,(H,15,17). The quantitative estimate of drug-likeness (QED) is 0.523. The average Bonchev–Trinajstić information content (AvgIpc) is 2.26. The molecule has 0 fully saturated rings. The maximum Gasteiger partial charge on any atom is 0.319 e. The molecule has 1 aromatic heterocycles. The molecule has 0 aliphatic rings. The zero-order valence-corrected chi connectivity index (χ0v) is 11.8. The van der Waals surface area contributed by atoms with Gasteiger partial charge < -0.3 is 5.32 Å². The van der Waals surface area contributed by atoms with Crippen LogP contribution in [-0.4, -0.2) is 22.4 Å². The van der Waals surface area contributed by atoms with Gasteiger partial charge in [0.2, 0.25) is 5.15 Å². The summed E-state index contributed by atoms with van der Waals surface area (Å²) in [5.41, 5.74) is -0.453. The van der Waals surface area contributed by atoms with Crippen molar-refractivity contribution in [1.82, 2.24) is 10.3 Å². The van der Waals surface area contributed by atoms with E-state index in [1.54, 1.807) is 0 Å². The highest BCUT2D eigenvalue weighted by Crippen LogP contribution is 2.26. The zero-order chi connectivity index (χ0) is 14.6. The third-order valence-electron chi connectivity index (χ3n) is 2.47. The second-order valence-electron chi connectivity index (χ2n) is 5.32. The van der Waals surface area contributed by atoms with Gasteiger partial charge in [-0.3, -0.25) is 14.9 Å². The Labute approximate surface area is 116 Å². The number of halogens is 1. The Morgan fingerprint density at radius 1 is 1.53 bits per heavy atom. The van der Waals surface area contributed by atoms with Gasteiger partial charge in [0.1, 0.15) is 5.56 Å². The molecular formula is C12H16ClN3O3. The van der Waals surface area contributed by atoms with Gasteiger partial charge in [0.25, 0.3) is 5.91 Å². The highest BCUT2D eigenvalue weighted by atomic mass is 35.5. The second-order valence-corrected chi connectivity index (χ2v) is 5.68. The number of nitrogens with one attached hydrogen (secondary N) is 1.